The van der Waals surface area contributed by atoms with Gasteiger partial charge in [-0.2, -0.15) is 0 Å². The average Bonchev–Trinajstić information content (AvgIpc) is 2.74. The zero-order valence-electron chi connectivity index (χ0n) is 11.3. The summed E-state index contributed by atoms with van der Waals surface area (Å²) in [6.45, 7) is 2.89. The molecule has 0 radical (unpaired) electrons. The molecule has 1 aliphatic heterocycles. The molecule has 1 saturated heterocycles. The van der Waals surface area contributed by atoms with Crippen molar-refractivity contribution in [2.45, 2.75) is 6.42 Å². The fourth-order valence-corrected chi connectivity index (χ4v) is 2.67. The minimum atomic E-state index is -1.09. The van der Waals surface area contributed by atoms with E-state index < -0.39 is 11.8 Å². The number of rotatable bonds is 4. The Morgan fingerprint density at radius 2 is 2.32 bits per heavy atom. The SMILES string of the molecule is CN1CCC(CN(C)c2ccc(F)cc2C(=O)O)C1. The zero-order valence-corrected chi connectivity index (χ0v) is 11.3. The number of aromatic carboxylic acids is 1. The third-order valence-corrected chi connectivity index (χ3v) is 3.62. The van der Waals surface area contributed by atoms with Crippen molar-refractivity contribution in [3.63, 3.8) is 0 Å². The molecular weight excluding hydrogens is 247 g/mol. The van der Waals surface area contributed by atoms with Crippen LogP contribution in [0.2, 0.25) is 0 Å². The summed E-state index contributed by atoms with van der Waals surface area (Å²) in [4.78, 5) is 15.3. The van der Waals surface area contributed by atoms with E-state index in [4.69, 9.17) is 5.11 Å². The maximum atomic E-state index is 13.1. The largest absolute Gasteiger partial charge is 0.478 e. The van der Waals surface area contributed by atoms with Gasteiger partial charge in [-0.05, 0) is 44.1 Å². The third kappa shape index (κ3) is 3.23. The van der Waals surface area contributed by atoms with Crippen LogP contribution in [0.3, 0.4) is 0 Å². The molecule has 1 atom stereocenters. The van der Waals surface area contributed by atoms with Crippen molar-refractivity contribution in [1.29, 1.82) is 0 Å². The summed E-state index contributed by atoms with van der Waals surface area (Å²) in [5.74, 6) is -1.08. The van der Waals surface area contributed by atoms with Crippen LogP contribution < -0.4 is 4.90 Å². The van der Waals surface area contributed by atoms with E-state index in [1.54, 1.807) is 0 Å². The molecule has 0 spiro atoms. The van der Waals surface area contributed by atoms with Gasteiger partial charge in [0.1, 0.15) is 5.82 Å². The van der Waals surface area contributed by atoms with Crippen molar-refractivity contribution in [3.8, 4) is 0 Å². The lowest BCUT2D eigenvalue weighted by atomic mass is 10.1. The van der Waals surface area contributed by atoms with Crippen molar-refractivity contribution in [2.75, 3.05) is 38.6 Å². The number of hydrogen-bond donors (Lipinski definition) is 1. The first-order chi connectivity index (χ1) is 8.97. The quantitative estimate of drug-likeness (QED) is 0.904. The van der Waals surface area contributed by atoms with Crippen LogP contribution >= 0.6 is 0 Å². The number of carboxylic acids is 1. The predicted octanol–water partition coefficient (Wildman–Crippen LogP) is 1.91. The Balaban J connectivity index is 2.14. The molecule has 0 aromatic heterocycles. The molecule has 1 aliphatic rings. The molecule has 1 aromatic rings. The van der Waals surface area contributed by atoms with Gasteiger partial charge in [-0.3, -0.25) is 0 Å². The molecule has 104 valence electrons. The zero-order chi connectivity index (χ0) is 14.0. The number of likely N-dealkylation sites (tertiary alicyclic amines) is 1. The number of carboxylic acid groups (broad SMARTS) is 1. The van der Waals surface area contributed by atoms with Gasteiger partial charge < -0.3 is 14.9 Å². The van der Waals surface area contributed by atoms with E-state index in [1.807, 2.05) is 11.9 Å². The van der Waals surface area contributed by atoms with Gasteiger partial charge in [0.05, 0.1) is 11.3 Å². The number of carbonyl (C=O) groups is 1. The van der Waals surface area contributed by atoms with Crippen molar-refractivity contribution in [2.24, 2.45) is 5.92 Å². The van der Waals surface area contributed by atoms with Gasteiger partial charge in [0.15, 0.2) is 0 Å². The van der Waals surface area contributed by atoms with Crippen LogP contribution in [-0.2, 0) is 0 Å². The van der Waals surface area contributed by atoms with Crippen molar-refractivity contribution in [1.82, 2.24) is 4.90 Å². The van der Waals surface area contributed by atoms with Crippen LogP contribution in [0.1, 0.15) is 16.8 Å². The van der Waals surface area contributed by atoms with E-state index in [2.05, 4.69) is 11.9 Å². The Morgan fingerprint density at radius 3 is 2.89 bits per heavy atom. The molecule has 1 unspecified atom stereocenters. The number of hydrogen-bond acceptors (Lipinski definition) is 3. The molecule has 0 amide bonds. The number of halogens is 1. The fraction of sp³-hybridized carbons (Fsp3) is 0.500. The van der Waals surface area contributed by atoms with Crippen molar-refractivity contribution >= 4 is 11.7 Å². The summed E-state index contributed by atoms with van der Waals surface area (Å²) in [6.07, 6.45) is 1.12. The molecule has 1 aromatic carbocycles. The predicted molar refractivity (Wildman–Crippen MR) is 72.2 cm³/mol. The Labute approximate surface area is 112 Å². The molecule has 0 saturated carbocycles. The first-order valence-corrected chi connectivity index (χ1v) is 6.40. The Morgan fingerprint density at radius 1 is 1.58 bits per heavy atom. The summed E-state index contributed by atoms with van der Waals surface area (Å²) >= 11 is 0. The van der Waals surface area contributed by atoms with E-state index in [1.165, 1.54) is 12.1 Å². The summed E-state index contributed by atoms with van der Waals surface area (Å²) < 4.78 is 13.1. The molecule has 4 nitrogen and oxygen atoms in total. The molecule has 0 bridgehead atoms. The number of anilines is 1. The van der Waals surface area contributed by atoms with Crippen LogP contribution in [-0.4, -0.2) is 49.7 Å². The molecular formula is C14H19FN2O2. The standard InChI is InChI=1S/C14H19FN2O2/c1-16-6-5-10(8-16)9-17(2)13-4-3-11(15)7-12(13)14(18)19/h3-4,7,10H,5-6,8-9H2,1-2H3,(H,18,19). The third-order valence-electron chi connectivity index (χ3n) is 3.62. The Kier molecular flexibility index (Phi) is 4.04. The Bertz CT molecular complexity index is 479. The number of benzene rings is 1. The van der Waals surface area contributed by atoms with Gasteiger partial charge in [0, 0.05) is 20.1 Å². The van der Waals surface area contributed by atoms with Crippen LogP contribution in [0.15, 0.2) is 18.2 Å². The van der Waals surface area contributed by atoms with E-state index in [-0.39, 0.29) is 5.56 Å². The topological polar surface area (TPSA) is 43.8 Å². The highest BCUT2D eigenvalue weighted by Gasteiger charge is 2.22. The highest BCUT2D eigenvalue weighted by Crippen LogP contribution is 2.24. The maximum absolute atomic E-state index is 13.1. The molecule has 1 N–H and O–H groups in total. The summed E-state index contributed by atoms with van der Waals surface area (Å²) in [6, 6.07) is 3.92. The van der Waals surface area contributed by atoms with E-state index in [9.17, 15) is 9.18 Å². The van der Waals surface area contributed by atoms with Gasteiger partial charge in [-0.15, -0.1) is 0 Å². The van der Waals surface area contributed by atoms with Gasteiger partial charge in [-0.25, -0.2) is 9.18 Å². The average molecular weight is 266 g/mol. The van der Waals surface area contributed by atoms with Gasteiger partial charge in [0.2, 0.25) is 0 Å². The van der Waals surface area contributed by atoms with E-state index >= 15 is 0 Å². The monoisotopic (exact) mass is 266 g/mol. The fourth-order valence-electron chi connectivity index (χ4n) is 2.67. The minimum Gasteiger partial charge on any atom is -0.478 e. The smallest absolute Gasteiger partial charge is 0.337 e. The summed E-state index contributed by atoms with van der Waals surface area (Å²) in [7, 11) is 3.94. The van der Waals surface area contributed by atoms with Gasteiger partial charge in [0.25, 0.3) is 0 Å². The van der Waals surface area contributed by atoms with Crippen molar-refractivity contribution in [3.05, 3.63) is 29.6 Å². The van der Waals surface area contributed by atoms with Crippen LogP contribution in [0.5, 0.6) is 0 Å². The molecule has 2 rings (SSSR count). The first kappa shape index (κ1) is 13.8. The van der Waals surface area contributed by atoms with E-state index in [0.29, 0.717) is 11.6 Å². The maximum Gasteiger partial charge on any atom is 0.337 e. The van der Waals surface area contributed by atoms with Crippen LogP contribution in [0, 0.1) is 11.7 Å². The van der Waals surface area contributed by atoms with Crippen LogP contribution in [0.25, 0.3) is 0 Å². The van der Waals surface area contributed by atoms with Gasteiger partial charge in [-0.1, -0.05) is 0 Å². The second kappa shape index (κ2) is 5.57. The van der Waals surface area contributed by atoms with E-state index in [0.717, 1.165) is 32.1 Å². The second-order valence-electron chi connectivity index (χ2n) is 5.26. The minimum absolute atomic E-state index is 0.0221. The first-order valence-electron chi connectivity index (χ1n) is 6.40. The number of nitrogens with zero attached hydrogens (tertiary/aromatic N) is 2. The van der Waals surface area contributed by atoms with Crippen molar-refractivity contribution < 1.29 is 14.3 Å². The molecule has 5 heteroatoms. The molecule has 19 heavy (non-hydrogen) atoms. The lowest BCUT2D eigenvalue weighted by Crippen LogP contribution is -2.28. The normalized spacial score (nSPS) is 19.6. The molecule has 1 heterocycles. The highest BCUT2D eigenvalue weighted by atomic mass is 19.1. The van der Waals surface area contributed by atoms with Crippen LogP contribution in [0.4, 0.5) is 10.1 Å². The molecule has 0 aliphatic carbocycles. The van der Waals surface area contributed by atoms with Gasteiger partial charge >= 0.3 is 5.97 Å². The highest BCUT2D eigenvalue weighted by molar-refractivity contribution is 5.94. The molecule has 1 fully saturated rings. The lowest BCUT2D eigenvalue weighted by Gasteiger charge is -2.24. The Hall–Kier alpha value is -1.62. The second-order valence-corrected chi connectivity index (χ2v) is 5.26. The summed E-state index contributed by atoms with van der Waals surface area (Å²) in [5, 5.41) is 9.14. The summed E-state index contributed by atoms with van der Waals surface area (Å²) in [5.41, 5.74) is 0.595. The lowest BCUT2D eigenvalue weighted by molar-refractivity contribution is 0.0697.